The highest BCUT2D eigenvalue weighted by molar-refractivity contribution is 6.45. The zero-order valence-corrected chi connectivity index (χ0v) is 15.1. The Bertz CT molecular complexity index is 987. The molecule has 1 atom stereocenters. The molecule has 0 radical (unpaired) electrons. The molecule has 1 aliphatic carbocycles. The van der Waals surface area contributed by atoms with Crippen molar-refractivity contribution in [3.05, 3.63) is 70.4 Å². The Morgan fingerprint density at radius 1 is 1.12 bits per heavy atom. The minimum absolute atomic E-state index is 0.158. The molecule has 5 heteroatoms. The van der Waals surface area contributed by atoms with Gasteiger partial charge in [0.15, 0.2) is 0 Å². The quantitative estimate of drug-likeness (QED) is 0.513. The standard InChI is InChI=1S/C21H19ClN2O2/c1-12-18(16-4-2-3-5-17(16)23-12)20(25)21(26)24-19(13-6-7-13)14-8-10-15(22)11-9-14/h2-5,8-11,13,19,23H,6-7H2,1H3,(H,24,26)/t19-/m0/s1. The summed E-state index contributed by atoms with van der Waals surface area (Å²) in [6.07, 6.45) is 2.10. The molecule has 4 rings (SSSR count). The molecule has 1 heterocycles. The monoisotopic (exact) mass is 366 g/mol. The van der Waals surface area contributed by atoms with Crippen LogP contribution in [0.25, 0.3) is 10.9 Å². The number of aromatic amines is 1. The lowest BCUT2D eigenvalue weighted by atomic mass is 10.0. The molecule has 1 aromatic heterocycles. The zero-order chi connectivity index (χ0) is 18.3. The van der Waals surface area contributed by atoms with Crippen LogP contribution < -0.4 is 5.32 Å². The maximum atomic E-state index is 12.9. The van der Waals surface area contributed by atoms with Gasteiger partial charge >= 0.3 is 0 Å². The number of rotatable bonds is 5. The van der Waals surface area contributed by atoms with E-state index in [1.807, 2.05) is 55.5 Å². The van der Waals surface area contributed by atoms with E-state index in [2.05, 4.69) is 10.3 Å². The number of hydrogen-bond acceptors (Lipinski definition) is 2. The van der Waals surface area contributed by atoms with E-state index < -0.39 is 11.7 Å². The summed E-state index contributed by atoms with van der Waals surface area (Å²) < 4.78 is 0. The van der Waals surface area contributed by atoms with Crippen molar-refractivity contribution in [3.8, 4) is 0 Å². The van der Waals surface area contributed by atoms with Crippen LogP contribution in [0.15, 0.2) is 48.5 Å². The summed E-state index contributed by atoms with van der Waals surface area (Å²) in [4.78, 5) is 28.7. The van der Waals surface area contributed by atoms with E-state index >= 15 is 0 Å². The molecule has 1 saturated carbocycles. The first-order valence-electron chi connectivity index (χ1n) is 8.72. The molecule has 2 aromatic carbocycles. The summed E-state index contributed by atoms with van der Waals surface area (Å²) in [5.41, 5.74) is 3.00. The second-order valence-electron chi connectivity index (χ2n) is 6.84. The number of carbonyl (C=O) groups excluding carboxylic acids is 2. The average molecular weight is 367 g/mol. The number of Topliss-reactive ketones (excluding diaryl/α,β-unsaturated/α-hetero) is 1. The van der Waals surface area contributed by atoms with Gasteiger partial charge in [0.2, 0.25) is 0 Å². The number of carbonyl (C=O) groups is 2. The van der Waals surface area contributed by atoms with Crippen molar-refractivity contribution in [2.24, 2.45) is 5.92 Å². The highest BCUT2D eigenvalue weighted by atomic mass is 35.5. The van der Waals surface area contributed by atoms with E-state index in [9.17, 15) is 9.59 Å². The number of hydrogen-bond donors (Lipinski definition) is 2. The molecule has 0 unspecified atom stereocenters. The van der Waals surface area contributed by atoms with Gasteiger partial charge in [0, 0.05) is 21.6 Å². The number of nitrogens with one attached hydrogen (secondary N) is 2. The van der Waals surface area contributed by atoms with E-state index in [0.29, 0.717) is 22.2 Å². The number of amides is 1. The molecule has 1 amide bonds. The number of aromatic nitrogens is 1. The SMILES string of the molecule is Cc1[nH]c2ccccc2c1C(=O)C(=O)N[C@H](c1ccc(Cl)cc1)C1CC1. The summed E-state index contributed by atoms with van der Waals surface area (Å²) in [5, 5.41) is 4.38. The molecule has 0 spiro atoms. The van der Waals surface area contributed by atoms with Crippen molar-refractivity contribution in [2.75, 3.05) is 0 Å². The number of ketones is 1. The summed E-state index contributed by atoms with van der Waals surface area (Å²) in [7, 11) is 0. The summed E-state index contributed by atoms with van der Waals surface area (Å²) in [6.45, 7) is 1.82. The molecule has 1 aliphatic rings. The molecule has 132 valence electrons. The lowest BCUT2D eigenvalue weighted by Crippen LogP contribution is -2.35. The number of aryl methyl sites for hydroxylation is 1. The maximum absolute atomic E-state index is 12.9. The summed E-state index contributed by atoms with van der Waals surface area (Å²) in [5.74, 6) is -0.693. The maximum Gasteiger partial charge on any atom is 0.292 e. The predicted molar refractivity (Wildman–Crippen MR) is 102 cm³/mol. The minimum Gasteiger partial charge on any atom is -0.358 e. The molecule has 0 saturated heterocycles. The zero-order valence-electron chi connectivity index (χ0n) is 14.4. The molecule has 1 fully saturated rings. The van der Waals surface area contributed by atoms with Gasteiger partial charge in [-0.15, -0.1) is 0 Å². The molecular weight excluding hydrogens is 348 g/mol. The Morgan fingerprint density at radius 3 is 2.50 bits per heavy atom. The van der Waals surface area contributed by atoms with Crippen LogP contribution in [-0.4, -0.2) is 16.7 Å². The fourth-order valence-corrected chi connectivity index (χ4v) is 3.59. The molecule has 4 nitrogen and oxygen atoms in total. The second-order valence-corrected chi connectivity index (χ2v) is 7.28. The van der Waals surface area contributed by atoms with Gasteiger partial charge in [-0.3, -0.25) is 9.59 Å². The molecule has 0 aliphatic heterocycles. The van der Waals surface area contributed by atoms with Gasteiger partial charge < -0.3 is 10.3 Å². The Morgan fingerprint density at radius 2 is 1.81 bits per heavy atom. The van der Waals surface area contributed by atoms with Crippen molar-refractivity contribution < 1.29 is 9.59 Å². The number of benzene rings is 2. The van der Waals surface area contributed by atoms with Gasteiger partial charge in [0.05, 0.1) is 11.6 Å². The van der Waals surface area contributed by atoms with Gasteiger partial charge in [-0.25, -0.2) is 0 Å². The molecule has 2 N–H and O–H groups in total. The minimum atomic E-state index is -0.565. The van der Waals surface area contributed by atoms with Gasteiger partial charge in [-0.1, -0.05) is 41.9 Å². The molecule has 3 aromatic rings. The third-order valence-electron chi connectivity index (χ3n) is 4.94. The van der Waals surface area contributed by atoms with Crippen LogP contribution in [0.1, 0.15) is 40.5 Å². The number of fused-ring (bicyclic) bond motifs is 1. The van der Waals surface area contributed by atoms with Crippen LogP contribution in [0.3, 0.4) is 0 Å². The van der Waals surface area contributed by atoms with Gasteiger partial charge in [0.1, 0.15) is 0 Å². The summed E-state index contributed by atoms with van der Waals surface area (Å²) >= 11 is 5.96. The smallest absolute Gasteiger partial charge is 0.292 e. The Kier molecular flexibility index (Phi) is 4.29. The van der Waals surface area contributed by atoms with E-state index in [4.69, 9.17) is 11.6 Å². The first-order valence-corrected chi connectivity index (χ1v) is 9.10. The van der Waals surface area contributed by atoms with Gasteiger partial charge in [0.25, 0.3) is 11.7 Å². The Hall–Kier alpha value is -2.59. The first-order chi connectivity index (χ1) is 12.5. The van der Waals surface area contributed by atoms with Crippen LogP contribution in [0, 0.1) is 12.8 Å². The number of halogens is 1. The Balaban J connectivity index is 1.61. The average Bonchev–Trinajstić information content (AvgIpc) is 3.41. The predicted octanol–water partition coefficient (Wildman–Crippen LogP) is 4.58. The lowest BCUT2D eigenvalue weighted by molar-refractivity contribution is -0.117. The fourth-order valence-electron chi connectivity index (χ4n) is 3.46. The molecule has 26 heavy (non-hydrogen) atoms. The third kappa shape index (κ3) is 3.13. The van der Waals surface area contributed by atoms with Crippen LogP contribution in [0.2, 0.25) is 5.02 Å². The first kappa shape index (κ1) is 16.9. The summed E-state index contributed by atoms with van der Waals surface area (Å²) in [6, 6.07) is 14.8. The number of H-pyrrole nitrogens is 1. The molecule has 0 bridgehead atoms. The highest BCUT2D eigenvalue weighted by Gasteiger charge is 2.35. The van der Waals surface area contributed by atoms with E-state index in [0.717, 1.165) is 29.3 Å². The molecular formula is C21H19ClN2O2. The topological polar surface area (TPSA) is 62.0 Å². The Labute approximate surface area is 156 Å². The second kappa shape index (κ2) is 6.61. The van der Waals surface area contributed by atoms with Crippen molar-refractivity contribution in [1.29, 1.82) is 0 Å². The van der Waals surface area contributed by atoms with Crippen LogP contribution >= 0.6 is 11.6 Å². The largest absolute Gasteiger partial charge is 0.358 e. The van der Waals surface area contributed by atoms with Crippen molar-refractivity contribution in [3.63, 3.8) is 0 Å². The third-order valence-corrected chi connectivity index (χ3v) is 5.19. The van der Waals surface area contributed by atoms with Crippen molar-refractivity contribution >= 4 is 34.2 Å². The number of para-hydroxylation sites is 1. The normalized spacial score (nSPS) is 15.0. The lowest BCUT2D eigenvalue weighted by Gasteiger charge is -2.18. The van der Waals surface area contributed by atoms with E-state index in [-0.39, 0.29) is 6.04 Å². The van der Waals surface area contributed by atoms with Gasteiger partial charge in [-0.2, -0.15) is 0 Å². The van der Waals surface area contributed by atoms with Crippen molar-refractivity contribution in [2.45, 2.75) is 25.8 Å². The van der Waals surface area contributed by atoms with Crippen LogP contribution in [0.4, 0.5) is 0 Å². The van der Waals surface area contributed by atoms with Crippen LogP contribution in [0.5, 0.6) is 0 Å². The van der Waals surface area contributed by atoms with E-state index in [1.54, 1.807) is 0 Å². The van der Waals surface area contributed by atoms with Gasteiger partial charge in [-0.05, 0) is 49.4 Å². The van der Waals surface area contributed by atoms with Crippen LogP contribution in [-0.2, 0) is 4.79 Å². The van der Waals surface area contributed by atoms with E-state index in [1.165, 1.54) is 0 Å². The highest BCUT2D eigenvalue weighted by Crippen LogP contribution is 2.41. The van der Waals surface area contributed by atoms with Crippen molar-refractivity contribution in [1.82, 2.24) is 10.3 Å². The fraction of sp³-hybridized carbons (Fsp3) is 0.238.